The third-order valence-corrected chi connectivity index (χ3v) is 1.65. The molecule has 0 aromatic rings. The third kappa shape index (κ3) is 2.09. The van der Waals surface area contributed by atoms with Gasteiger partial charge in [0.2, 0.25) is 0 Å². The van der Waals surface area contributed by atoms with Crippen LogP contribution in [0.4, 0.5) is 43.9 Å². The van der Waals surface area contributed by atoms with Crippen LogP contribution in [-0.4, -0.2) is 18.5 Å². The molecule has 0 fully saturated rings. The Morgan fingerprint density at radius 1 is 0.562 bits per heavy atom. The molecule has 0 rings (SSSR count). The van der Waals surface area contributed by atoms with Crippen LogP contribution in [0, 0.1) is 5.41 Å². The first-order valence-corrected chi connectivity index (χ1v) is 3.29. The average molecular weight is 264 g/mol. The van der Waals surface area contributed by atoms with Crippen LogP contribution in [0.5, 0.6) is 0 Å². The molecule has 0 saturated heterocycles. The summed E-state index contributed by atoms with van der Waals surface area (Å²) >= 11 is 0. The quantitative estimate of drug-likeness (QED) is 0.624. The van der Waals surface area contributed by atoms with E-state index in [2.05, 4.69) is 0 Å². The zero-order valence-corrected chi connectivity index (χ0v) is 6.93. The van der Waals surface area contributed by atoms with Gasteiger partial charge in [0, 0.05) is 0 Å². The first-order valence-electron chi connectivity index (χ1n) is 3.29. The Balaban J connectivity index is 6.04. The van der Waals surface area contributed by atoms with Crippen LogP contribution < -0.4 is 0 Å². The van der Waals surface area contributed by atoms with Gasteiger partial charge >= 0.3 is 18.5 Å². The molecule has 96 valence electrons. The molecule has 0 nitrogen and oxygen atoms in total. The van der Waals surface area contributed by atoms with Crippen molar-refractivity contribution in [3.8, 4) is 0 Å². The Kier molecular flexibility index (Phi) is 3.58. The minimum absolute atomic E-state index is 1.44. The van der Waals surface area contributed by atoms with E-state index in [1.165, 1.54) is 0 Å². The van der Waals surface area contributed by atoms with Crippen LogP contribution in [0.1, 0.15) is 0 Å². The number of rotatable bonds is 1. The van der Waals surface area contributed by atoms with Crippen LogP contribution in [0.25, 0.3) is 0 Å². The molecule has 0 aliphatic heterocycles. The number of hydrogen-bond donors (Lipinski definition) is 0. The second kappa shape index (κ2) is 3.81. The van der Waals surface area contributed by atoms with Crippen LogP contribution in [-0.2, 0) is 0 Å². The fourth-order valence-electron chi connectivity index (χ4n) is 0.860. The molecule has 0 amide bonds. The highest BCUT2D eigenvalue weighted by molar-refractivity contribution is 5.11. The van der Waals surface area contributed by atoms with Gasteiger partial charge in [0.05, 0.1) is 6.33 Å². The monoisotopic (exact) mass is 264 g/mol. The molecule has 10 heteroatoms. The molecule has 0 aromatic heterocycles. The minimum atomic E-state index is -6.74. The highest BCUT2D eigenvalue weighted by Gasteiger charge is 2.82. The lowest BCUT2D eigenvalue weighted by molar-refractivity contribution is -0.407. The van der Waals surface area contributed by atoms with Gasteiger partial charge in [-0.1, -0.05) is 0 Å². The lowest BCUT2D eigenvalue weighted by Crippen LogP contribution is -2.58. The molecule has 0 N–H and O–H groups in total. The molecule has 0 aromatic carbocycles. The predicted molar refractivity (Wildman–Crippen MR) is 30.8 cm³/mol. The van der Waals surface area contributed by atoms with E-state index in [0.717, 1.165) is 0 Å². The summed E-state index contributed by atoms with van der Waals surface area (Å²) < 4.78 is 118. The minimum Gasteiger partial charge on any atom is -0.216 e. The topological polar surface area (TPSA) is 0 Å². The summed E-state index contributed by atoms with van der Waals surface area (Å²) in [7, 11) is 0. The van der Waals surface area contributed by atoms with Crippen molar-refractivity contribution in [3.05, 3.63) is 12.4 Å². The van der Waals surface area contributed by atoms with E-state index in [4.69, 9.17) is 0 Å². The van der Waals surface area contributed by atoms with Crippen LogP contribution in [0.3, 0.4) is 0 Å². The maximum Gasteiger partial charge on any atom is 0.415 e. The van der Waals surface area contributed by atoms with Gasteiger partial charge in [0.15, 0.2) is 0 Å². The molecular formula is C6H2F10. The van der Waals surface area contributed by atoms with Crippen molar-refractivity contribution in [2.45, 2.75) is 18.5 Å². The van der Waals surface area contributed by atoms with Gasteiger partial charge in [-0.3, -0.25) is 0 Å². The Morgan fingerprint density at radius 3 is 0.875 bits per heavy atom. The molecule has 0 radical (unpaired) electrons. The molecule has 0 saturated carbocycles. The summed E-state index contributed by atoms with van der Waals surface area (Å²) in [6, 6.07) is 0. The number of allylic oxidation sites excluding steroid dienone is 1. The van der Waals surface area contributed by atoms with Gasteiger partial charge in [-0.2, -0.15) is 39.5 Å². The molecular weight excluding hydrogens is 262 g/mol. The largest absolute Gasteiger partial charge is 0.415 e. The second-order valence-electron chi connectivity index (χ2n) is 2.59. The van der Waals surface area contributed by atoms with E-state index in [-0.39, 0.29) is 0 Å². The molecule has 0 atom stereocenters. The van der Waals surface area contributed by atoms with Gasteiger partial charge in [0.25, 0.3) is 5.41 Å². The van der Waals surface area contributed by atoms with Gasteiger partial charge in [0.1, 0.15) is 0 Å². The zero-order chi connectivity index (χ0) is 13.4. The van der Waals surface area contributed by atoms with Crippen molar-refractivity contribution >= 4 is 0 Å². The number of halogens is 10. The molecule has 16 heavy (non-hydrogen) atoms. The maximum atomic E-state index is 11.9. The Hall–Kier alpha value is -0.960. The van der Waals surface area contributed by atoms with E-state index in [9.17, 15) is 43.9 Å². The Bertz CT molecular complexity index is 226. The van der Waals surface area contributed by atoms with Crippen molar-refractivity contribution in [3.63, 3.8) is 0 Å². The van der Waals surface area contributed by atoms with Gasteiger partial charge in [-0.25, -0.2) is 4.39 Å². The van der Waals surface area contributed by atoms with E-state index in [1.54, 1.807) is 0 Å². The van der Waals surface area contributed by atoms with Crippen molar-refractivity contribution < 1.29 is 43.9 Å². The Morgan fingerprint density at radius 2 is 0.812 bits per heavy atom. The highest BCUT2D eigenvalue weighted by atomic mass is 19.4. The first kappa shape index (κ1) is 15.0. The van der Waals surface area contributed by atoms with E-state index in [0.29, 0.717) is 0 Å². The summed E-state index contributed by atoms with van der Waals surface area (Å²) in [6.45, 7) is 0. The summed E-state index contributed by atoms with van der Waals surface area (Å²) in [6.07, 6.45) is -23.3. The van der Waals surface area contributed by atoms with Crippen LogP contribution >= 0.6 is 0 Å². The fourth-order valence-corrected chi connectivity index (χ4v) is 0.860. The smallest absolute Gasteiger partial charge is 0.216 e. The summed E-state index contributed by atoms with van der Waals surface area (Å²) in [5, 5.41) is 0. The molecule has 0 unspecified atom stereocenters. The third-order valence-electron chi connectivity index (χ3n) is 1.65. The Labute approximate surface area is 81.5 Å². The van der Waals surface area contributed by atoms with E-state index < -0.39 is 36.3 Å². The van der Waals surface area contributed by atoms with E-state index >= 15 is 0 Å². The lowest BCUT2D eigenvalue weighted by Gasteiger charge is -2.35. The highest BCUT2D eigenvalue weighted by Crippen LogP contribution is 2.60. The molecule has 0 heterocycles. The summed E-state index contributed by atoms with van der Waals surface area (Å²) in [4.78, 5) is 0. The van der Waals surface area contributed by atoms with Crippen molar-refractivity contribution in [1.29, 1.82) is 0 Å². The zero-order valence-electron chi connectivity index (χ0n) is 6.93. The SMILES string of the molecule is F/C=C\C(C(F)(F)F)(C(F)(F)F)C(F)(F)F. The summed E-state index contributed by atoms with van der Waals surface area (Å²) in [5.74, 6) is 0. The van der Waals surface area contributed by atoms with Crippen LogP contribution in [0.15, 0.2) is 12.4 Å². The van der Waals surface area contributed by atoms with Crippen molar-refractivity contribution in [2.24, 2.45) is 5.41 Å². The van der Waals surface area contributed by atoms with E-state index in [1.807, 2.05) is 0 Å². The standard InChI is InChI=1S/C6H2F10/c7-2-1-3(4(8,9)10,5(11,12)13)6(14,15)16/h1-2H/b2-1-. The normalized spacial score (nSPS) is 15.9. The maximum absolute atomic E-state index is 11.9. The van der Waals surface area contributed by atoms with Crippen molar-refractivity contribution in [2.75, 3.05) is 0 Å². The molecule has 0 aliphatic carbocycles. The van der Waals surface area contributed by atoms with Gasteiger partial charge < -0.3 is 0 Å². The van der Waals surface area contributed by atoms with Crippen LogP contribution in [0.2, 0.25) is 0 Å². The molecule has 0 spiro atoms. The molecule has 0 bridgehead atoms. The predicted octanol–water partition coefficient (Wildman–Crippen LogP) is 4.14. The fraction of sp³-hybridized carbons (Fsp3) is 0.667. The lowest BCUT2D eigenvalue weighted by atomic mass is 9.85. The van der Waals surface area contributed by atoms with Crippen molar-refractivity contribution in [1.82, 2.24) is 0 Å². The first-order chi connectivity index (χ1) is 6.81. The average Bonchev–Trinajstić information content (AvgIpc) is 1.91. The second-order valence-corrected chi connectivity index (χ2v) is 2.59. The molecule has 0 aliphatic rings. The number of alkyl halides is 9. The summed E-state index contributed by atoms with van der Waals surface area (Å²) in [5.41, 5.74) is -6.19. The number of hydrogen-bond acceptors (Lipinski definition) is 0. The van der Waals surface area contributed by atoms with Gasteiger partial charge in [-0.05, 0) is 6.08 Å². The van der Waals surface area contributed by atoms with Gasteiger partial charge in [-0.15, -0.1) is 0 Å².